The van der Waals surface area contributed by atoms with Crippen molar-refractivity contribution in [2.45, 2.75) is 13.5 Å². The van der Waals surface area contributed by atoms with Crippen LogP contribution in [0.3, 0.4) is 0 Å². The van der Waals surface area contributed by atoms with Gasteiger partial charge in [0.25, 0.3) is 0 Å². The number of thiazole rings is 1. The zero-order chi connectivity index (χ0) is 13.0. The third-order valence-corrected chi connectivity index (χ3v) is 4.02. The molecule has 1 heterocycles. The lowest BCUT2D eigenvalue weighted by molar-refractivity contribution is 0.174. The molecule has 3 nitrogen and oxygen atoms in total. The average molecular weight is 328 g/mol. The van der Waals surface area contributed by atoms with Crippen LogP contribution in [0.4, 0.5) is 0 Å². The summed E-state index contributed by atoms with van der Waals surface area (Å²) in [6.45, 7) is 2.60. The number of hydrogen-bond donors (Lipinski definition) is 0. The van der Waals surface area contributed by atoms with Crippen LogP contribution in [0.1, 0.15) is 10.6 Å². The predicted molar refractivity (Wildman–Crippen MR) is 77.4 cm³/mol. The van der Waals surface area contributed by atoms with Crippen molar-refractivity contribution in [3.05, 3.63) is 34.8 Å². The Bertz CT molecular complexity index is 527. The number of benzene rings is 1. The van der Waals surface area contributed by atoms with Gasteiger partial charge in [-0.1, -0.05) is 28.1 Å². The van der Waals surface area contributed by atoms with Gasteiger partial charge in [-0.15, -0.1) is 11.3 Å². The summed E-state index contributed by atoms with van der Waals surface area (Å²) in [4.78, 5) is 5.74. The molecule has 18 heavy (non-hydrogen) atoms. The van der Waals surface area contributed by atoms with Gasteiger partial charge in [0.2, 0.25) is 0 Å². The van der Waals surface area contributed by atoms with E-state index in [0.717, 1.165) is 26.9 Å². The van der Waals surface area contributed by atoms with Crippen LogP contribution >= 0.6 is 27.3 Å². The molecule has 0 aliphatic rings. The lowest BCUT2D eigenvalue weighted by Crippen LogP contribution is -1.88. The van der Waals surface area contributed by atoms with Crippen molar-refractivity contribution in [1.82, 2.24) is 4.98 Å². The van der Waals surface area contributed by atoms with Crippen LogP contribution in [0, 0.1) is 6.92 Å². The van der Waals surface area contributed by atoms with Gasteiger partial charge in [-0.05, 0) is 19.1 Å². The molecule has 0 unspecified atom stereocenters. The number of alkyl halides is 1. The molecule has 0 aliphatic heterocycles. The number of methoxy groups -OCH3 is 1. The zero-order valence-electron chi connectivity index (χ0n) is 10.3. The van der Waals surface area contributed by atoms with E-state index in [2.05, 4.69) is 20.9 Å². The summed E-state index contributed by atoms with van der Waals surface area (Å²) >= 11 is 4.91. The summed E-state index contributed by atoms with van der Waals surface area (Å²) in [6, 6.07) is 7.93. The highest BCUT2D eigenvalue weighted by Crippen LogP contribution is 2.30. The molecule has 0 saturated carbocycles. The molecule has 0 aliphatic carbocycles. The maximum atomic E-state index is 5.36. The summed E-state index contributed by atoms with van der Waals surface area (Å²) in [7, 11) is 1.67. The molecule has 2 rings (SSSR count). The molecule has 0 bridgehead atoms. The fourth-order valence-electron chi connectivity index (χ4n) is 1.57. The standard InChI is InChI=1S/C13H14BrNO2S/c1-9-12(7-17-8-14)18-13(15-9)10-4-3-5-11(6-10)16-2/h3-6H,7-8H2,1-2H3. The van der Waals surface area contributed by atoms with Crippen LogP contribution in [0.5, 0.6) is 5.75 Å². The molecular weight excluding hydrogens is 314 g/mol. The number of ether oxygens (including phenoxy) is 2. The van der Waals surface area contributed by atoms with E-state index in [0.29, 0.717) is 12.1 Å². The van der Waals surface area contributed by atoms with E-state index in [1.807, 2.05) is 31.2 Å². The van der Waals surface area contributed by atoms with E-state index < -0.39 is 0 Å². The largest absolute Gasteiger partial charge is 0.497 e. The molecule has 0 atom stereocenters. The first-order valence-corrected chi connectivity index (χ1v) is 7.43. The van der Waals surface area contributed by atoms with Gasteiger partial charge >= 0.3 is 0 Å². The number of halogens is 1. The molecule has 0 fully saturated rings. The van der Waals surface area contributed by atoms with Crippen molar-refractivity contribution >= 4 is 27.3 Å². The summed E-state index contributed by atoms with van der Waals surface area (Å²) in [5.41, 5.74) is 2.64. The second-order valence-corrected chi connectivity index (χ2v) is 5.26. The Morgan fingerprint density at radius 3 is 2.94 bits per heavy atom. The number of aryl methyl sites for hydroxylation is 1. The molecule has 0 radical (unpaired) electrons. The highest BCUT2D eigenvalue weighted by molar-refractivity contribution is 9.09. The average Bonchev–Trinajstić information content (AvgIpc) is 2.78. The fraction of sp³-hybridized carbons (Fsp3) is 0.308. The second kappa shape index (κ2) is 6.31. The highest BCUT2D eigenvalue weighted by Gasteiger charge is 2.10. The minimum atomic E-state index is 0.541. The van der Waals surface area contributed by atoms with E-state index >= 15 is 0 Å². The summed E-state index contributed by atoms with van der Waals surface area (Å²) in [5, 5.41) is 1.000. The van der Waals surface area contributed by atoms with E-state index in [-0.39, 0.29) is 0 Å². The molecule has 2 aromatic rings. The summed E-state index contributed by atoms with van der Waals surface area (Å²) < 4.78 is 10.6. The zero-order valence-corrected chi connectivity index (χ0v) is 12.7. The predicted octanol–water partition coefficient (Wildman–Crippen LogP) is 4.00. The number of hydrogen-bond acceptors (Lipinski definition) is 4. The first-order valence-electron chi connectivity index (χ1n) is 5.49. The Hall–Kier alpha value is -0.910. The maximum Gasteiger partial charge on any atom is 0.124 e. The molecular formula is C13H14BrNO2S. The number of rotatable bonds is 5. The summed E-state index contributed by atoms with van der Waals surface area (Å²) in [6.07, 6.45) is 0. The van der Waals surface area contributed by atoms with Gasteiger partial charge in [0, 0.05) is 5.56 Å². The molecule has 96 valence electrons. The van der Waals surface area contributed by atoms with Gasteiger partial charge in [-0.3, -0.25) is 0 Å². The quantitative estimate of drug-likeness (QED) is 0.778. The van der Waals surface area contributed by atoms with Crippen LogP contribution in [0.2, 0.25) is 0 Å². The Morgan fingerprint density at radius 1 is 1.39 bits per heavy atom. The van der Waals surface area contributed by atoms with Crippen molar-refractivity contribution in [2.24, 2.45) is 0 Å². The fourth-order valence-corrected chi connectivity index (χ4v) is 2.73. The smallest absolute Gasteiger partial charge is 0.124 e. The van der Waals surface area contributed by atoms with E-state index in [9.17, 15) is 0 Å². The van der Waals surface area contributed by atoms with Crippen LogP contribution in [-0.4, -0.2) is 17.6 Å². The first-order chi connectivity index (χ1) is 8.74. The van der Waals surface area contributed by atoms with Gasteiger partial charge < -0.3 is 9.47 Å². The third kappa shape index (κ3) is 3.10. The number of nitrogens with zero attached hydrogens (tertiary/aromatic N) is 1. The normalized spacial score (nSPS) is 10.6. The Balaban J connectivity index is 2.27. The Labute approximate surface area is 119 Å². The van der Waals surface area contributed by atoms with Crippen molar-refractivity contribution < 1.29 is 9.47 Å². The molecule has 5 heteroatoms. The highest BCUT2D eigenvalue weighted by atomic mass is 79.9. The molecule has 0 spiro atoms. The molecule has 0 N–H and O–H groups in total. The topological polar surface area (TPSA) is 31.4 Å². The van der Waals surface area contributed by atoms with E-state index in [4.69, 9.17) is 9.47 Å². The molecule has 0 amide bonds. The SMILES string of the molecule is COc1cccc(-c2nc(C)c(COCBr)s2)c1. The van der Waals surface area contributed by atoms with Gasteiger partial charge in [0.15, 0.2) is 0 Å². The van der Waals surface area contributed by atoms with E-state index in [1.165, 1.54) is 0 Å². The van der Waals surface area contributed by atoms with Crippen LogP contribution in [0.25, 0.3) is 10.6 Å². The monoisotopic (exact) mass is 327 g/mol. The van der Waals surface area contributed by atoms with Gasteiger partial charge in [0.1, 0.15) is 16.3 Å². The van der Waals surface area contributed by atoms with Gasteiger partial charge in [0.05, 0.1) is 24.3 Å². The summed E-state index contributed by atoms with van der Waals surface area (Å²) in [5.74, 6) is 0.846. The molecule has 1 aromatic carbocycles. The van der Waals surface area contributed by atoms with Crippen LogP contribution < -0.4 is 4.74 Å². The van der Waals surface area contributed by atoms with Crippen molar-refractivity contribution in [1.29, 1.82) is 0 Å². The Kier molecular flexibility index (Phi) is 4.74. The lowest BCUT2D eigenvalue weighted by Gasteiger charge is -2.01. The van der Waals surface area contributed by atoms with Gasteiger partial charge in [-0.2, -0.15) is 0 Å². The van der Waals surface area contributed by atoms with Crippen molar-refractivity contribution in [3.8, 4) is 16.3 Å². The van der Waals surface area contributed by atoms with Crippen molar-refractivity contribution in [2.75, 3.05) is 12.6 Å². The second-order valence-electron chi connectivity index (χ2n) is 3.72. The van der Waals surface area contributed by atoms with Crippen LogP contribution in [-0.2, 0) is 11.3 Å². The van der Waals surface area contributed by atoms with Crippen LogP contribution in [0.15, 0.2) is 24.3 Å². The Morgan fingerprint density at radius 2 is 2.22 bits per heavy atom. The molecule has 0 saturated heterocycles. The minimum absolute atomic E-state index is 0.541. The molecule has 1 aromatic heterocycles. The first kappa shape index (κ1) is 13.5. The van der Waals surface area contributed by atoms with Gasteiger partial charge in [-0.25, -0.2) is 4.98 Å². The van der Waals surface area contributed by atoms with Crippen molar-refractivity contribution in [3.63, 3.8) is 0 Å². The third-order valence-electron chi connectivity index (χ3n) is 2.52. The minimum Gasteiger partial charge on any atom is -0.497 e. The lowest BCUT2D eigenvalue weighted by atomic mass is 10.2. The number of aromatic nitrogens is 1. The van der Waals surface area contributed by atoms with E-state index in [1.54, 1.807) is 18.4 Å². The maximum absolute atomic E-state index is 5.36.